The van der Waals surface area contributed by atoms with Gasteiger partial charge in [0.05, 0.1) is 52.7 Å². The molecule has 4 rings (SSSR count). The molecule has 0 spiro atoms. The van der Waals surface area contributed by atoms with E-state index in [2.05, 4.69) is 15.0 Å². The van der Waals surface area contributed by atoms with Crippen LogP contribution in [-0.2, 0) is 4.74 Å². The molecule has 0 aliphatic carbocycles. The first-order chi connectivity index (χ1) is 19.7. The molecule has 12 nitrogen and oxygen atoms in total. The van der Waals surface area contributed by atoms with Crippen LogP contribution >= 0.6 is 0 Å². The van der Waals surface area contributed by atoms with Gasteiger partial charge >= 0.3 is 11.9 Å². The maximum atomic E-state index is 11.8. The molecule has 0 aliphatic heterocycles. The quantitative estimate of drug-likeness (QED) is 0.157. The average molecular weight is 556 g/mol. The van der Waals surface area contributed by atoms with Crippen molar-refractivity contribution in [2.75, 3.05) is 13.2 Å². The number of ether oxygens (including phenoxy) is 3. The molecule has 41 heavy (non-hydrogen) atoms. The Hall–Kier alpha value is -5.65. The molecule has 12 heteroatoms. The van der Waals surface area contributed by atoms with E-state index >= 15 is 0 Å². The first-order valence-electron chi connectivity index (χ1n) is 12.4. The van der Waals surface area contributed by atoms with Crippen LogP contribution in [0.15, 0.2) is 67.0 Å². The Morgan fingerprint density at radius 1 is 0.707 bits per heavy atom. The minimum atomic E-state index is -1.23. The number of carboxylic acid groups (broad SMARTS) is 2. The lowest BCUT2D eigenvalue weighted by molar-refractivity contribution is 0.0686. The number of hydrogen-bond acceptors (Lipinski definition) is 10. The lowest BCUT2D eigenvalue weighted by Gasteiger charge is -2.14. The highest BCUT2D eigenvalue weighted by Crippen LogP contribution is 2.27. The predicted octanol–water partition coefficient (Wildman–Crippen LogP) is 4.77. The molecule has 0 saturated carbocycles. The van der Waals surface area contributed by atoms with Crippen molar-refractivity contribution >= 4 is 23.7 Å². The van der Waals surface area contributed by atoms with E-state index in [0.717, 1.165) is 0 Å². The molecule has 4 aromatic rings. The standard InChI is InChI=1S/C29H25N5O7/c1-3-39-19-5-6-20(25(15-19)40-4-2)27(31)41-26(30)16-7-9-32-21(11-16)23-13-18(29(37)38)14-24(34-23)22-12-17(28(35)36)8-10-33-22/h5-15,30-31H,3-4H2,1-2H3,(H,35,36)(H,37,38). The van der Waals surface area contributed by atoms with Gasteiger partial charge in [-0.3, -0.25) is 20.8 Å². The number of hydrogen-bond donors (Lipinski definition) is 4. The van der Waals surface area contributed by atoms with Crippen LogP contribution in [0, 0.1) is 10.8 Å². The Bertz CT molecular complexity index is 1650. The zero-order chi connectivity index (χ0) is 29.5. The maximum absolute atomic E-state index is 11.8. The lowest BCUT2D eigenvalue weighted by atomic mass is 10.1. The smallest absolute Gasteiger partial charge is 0.335 e. The van der Waals surface area contributed by atoms with Crippen LogP contribution in [0.5, 0.6) is 11.5 Å². The highest BCUT2D eigenvalue weighted by molar-refractivity contribution is 6.06. The van der Waals surface area contributed by atoms with Gasteiger partial charge in [-0.2, -0.15) is 0 Å². The summed E-state index contributed by atoms with van der Waals surface area (Å²) in [4.78, 5) is 36.1. The first kappa shape index (κ1) is 28.4. The van der Waals surface area contributed by atoms with Crippen LogP contribution in [-0.4, -0.2) is 62.1 Å². The van der Waals surface area contributed by atoms with E-state index in [1.165, 1.54) is 48.8 Å². The first-order valence-corrected chi connectivity index (χ1v) is 12.4. The van der Waals surface area contributed by atoms with Crippen LogP contribution in [0.3, 0.4) is 0 Å². The molecule has 0 saturated heterocycles. The summed E-state index contributed by atoms with van der Waals surface area (Å²) in [7, 11) is 0. The molecule has 3 heterocycles. The second-order valence-electron chi connectivity index (χ2n) is 8.38. The molecule has 0 radical (unpaired) electrons. The van der Waals surface area contributed by atoms with E-state index in [9.17, 15) is 19.8 Å². The number of aromatic nitrogens is 3. The van der Waals surface area contributed by atoms with Gasteiger partial charge in [0.15, 0.2) is 0 Å². The molecule has 3 aromatic heterocycles. The monoisotopic (exact) mass is 555 g/mol. The van der Waals surface area contributed by atoms with E-state index < -0.39 is 11.9 Å². The van der Waals surface area contributed by atoms with E-state index in [1.807, 2.05) is 6.92 Å². The van der Waals surface area contributed by atoms with Gasteiger partial charge in [0, 0.05) is 24.0 Å². The fraction of sp³-hybridized carbons (Fsp3) is 0.138. The fourth-order valence-corrected chi connectivity index (χ4v) is 3.77. The number of nitrogens with one attached hydrogen (secondary N) is 2. The summed E-state index contributed by atoms with van der Waals surface area (Å²) in [5.74, 6) is -2.14. The maximum Gasteiger partial charge on any atom is 0.335 e. The molecule has 0 bridgehead atoms. The topological polar surface area (TPSA) is 189 Å². The lowest BCUT2D eigenvalue weighted by Crippen LogP contribution is -2.14. The van der Waals surface area contributed by atoms with Crippen molar-refractivity contribution in [1.82, 2.24) is 15.0 Å². The number of benzene rings is 1. The summed E-state index contributed by atoms with van der Waals surface area (Å²) in [6.07, 6.45) is 2.69. The summed E-state index contributed by atoms with van der Waals surface area (Å²) >= 11 is 0. The van der Waals surface area contributed by atoms with Gasteiger partial charge in [0.1, 0.15) is 11.5 Å². The molecular weight excluding hydrogens is 530 g/mol. The second kappa shape index (κ2) is 12.5. The Morgan fingerprint density at radius 3 is 1.85 bits per heavy atom. The highest BCUT2D eigenvalue weighted by Gasteiger charge is 2.18. The Kier molecular flexibility index (Phi) is 8.63. The largest absolute Gasteiger partial charge is 0.494 e. The van der Waals surface area contributed by atoms with Crippen LogP contribution in [0.2, 0.25) is 0 Å². The third kappa shape index (κ3) is 6.68. The third-order valence-electron chi connectivity index (χ3n) is 5.64. The van der Waals surface area contributed by atoms with Crippen LogP contribution < -0.4 is 9.47 Å². The Labute approximate surface area is 234 Å². The molecule has 0 fully saturated rings. The zero-order valence-electron chi connectivity index (χ0n) is 22.0. The number of carboxylic acids is 2. The summed E-state index contributed by atoms with van der Waals surface area (Å²) in [6.45, 7) is 4.47. The van der Waals surface area contributed by atoms with Gasteiger partial charge in [0.2, 0.25) is 11.8 Å². The third-order valence-corrected chi connectivity index (χ3v) is 5.64. The van der Waals surface area contributed by atoms with Crippen molar-refractivity contribution < 1.29 is 34.0 Å². The summed E-state index contributed by atoms with van der Waals surface area (Å²) in [6, 6.07) is 13.1. The van der Waals surface area contributed by atoms with Crippen molar-refractivity contribution in [3.63, 3.8) is 0 Å². The van der Waals surface area contributed by atoms with Crippen molar-refractivity contribution in [3.05, 3.63) is 89.2 Å². The molecule has 0 atom stereocenters. The Morgan fingerprint density at radius 2 is 1.27 bits per heavy atom. The number of carbonyl (C=O) groups is 2. The summed E-state index contributed by atoms with van der Waals surface area (Å²) in [5.41, 5.74) is 1.08. The average Bonchev–Trinajstić information content (AvgIpc) is 2.97. The molecular formula is C29H25N5O7. The molecule has 4 N–H and O–H groups in total. The van der Waals surface area contributed by atoms with Crippen LogP contribution in [0.1, 0.15) is 45.7 Å². The van der Waals surface area contributed by atoms with E-state index in [1.54, 1.807) is 25.1 Å². The minimum Gasteiger partial charge on any atom is -0.494 e. The number of pyridine rings is 3. The summed E-state index contributed by atoms with van der Waals surface area (Å²) < 4.78 is 16.7. The van der Waals surface area contributed by atoms with Crippen molar-refractivity contribution in [2.24, 2.45) is 0 Å². The summed E-state index contributed by atoms with van der Waals surface area (Å²) in [5, 5.41) is 35.9. The predicted molar refractivity (Wildman–Crippen MR) is 148 cm³/mol. The fourth-order valence-electron chi connectivity index (χ4n) is 3.77. The van der Waals surface area contributed by atoms with Gasteiger partial charge in [-0.15, -0.1) is 0 Å². The molecule has 1 aromatic carbocycles. The second-order valence-corrected chi connectivity index (χ2v) is 8.38. The van der Waals surface area contributed by atoms with Gasteiger partial charge in [-0.25, -0.2) is 14.6 Å². The van der Waals surface area contributed by atoms with Gasteiger partial charge in [-0.05, 0) is 62.4 Å². The zero-order valence-corrected chi connectivity index (χ0v) is 22.0. The van der Waals surface area contributed by atoms with Crippen molar-refractivity contribution in [2.45, 2.75) is 13.8 Å². The van der Waals surface area contributed by atoms with Crippen molar-refractivity contribution in [1.29, 1.82) is 10.8 Å². The highest BCUT2D eigenvalue weighted by atomic mass is 16.5. The van der Waals surface area contributed by atoms with Crippen molar-refractivity contribution in [3.8, 4) is 34.3 Å². The number of nitrogens with zero attached hydrogens (tertiary/aromatic N) is 3. The SMILES string of the molecule is CCOc1ccc(C(=N)OC(=N)c2ccnc(-c3cc(C(=O)O)cc(-c4cc(C(=O)O)ccn4)n3)c2)c(OCC)c1. The van der Waals surface area contributed by atoms with Gasteiger partial charge < -0.3 is 24.4 Å². The molecule has 0 unspecified atom stereocenters. The number of rotatable bonds is 10. The van der Waals surface area contributed by atoms with E-state index in [0.29, 0.717) is 30.3 Å². The Balaban J connectivity index is 1.65. The minimum absolute atomic E-state index is 0.0349. The van der Waals surface area contributed by atoms with E-state index in [4.69, 9.17) is 25.0 Å². The van der Waals surface area contributed by atoms with Gasteiger partial charge in [-0.1, -0.05) is 0 Å². The van der Waals surface area contributed by atoms with E-state index in [-0.39, 0.29) is 51.3 Å². The normalized spacial score (nSPS) is 10.5. The molecule has 208 valence electrons. The molecule has 0 aliphatic rings. The van der Waals surface area contributed by atoms with Crippen LogP contribution in [0.25, 0.3) is 22.8 Å². The molecule has 0 amide bonds. The van der Waals surface area contributed by atoms with Gasteiger partial charge in [0.25, 0.3) is 0 Å². The number of aromatic carboxylic acids is 2. The van der Waals surface area contributed by atoms with Crippen LogP contribution in [0.4, 0.5) is 0 Å².